The Balaban J connectivity index is 1.34. The summed E-state index contributed by atoms with van der Waals surface area (Å²) < 4.78 is 7.27. The molecule has 1 fully saturated rings. The first-order valence-electron chi connectivity index (χ1n) is 10.2. The van der Waals surface area contributed by atoms with Crippen molar-refractivity contribution < 1.29 is 4.42 Å². The van der Waals surface area contributed by atoms with E-state index in [4.69, 9.17) is 4.42 Å². The van der Waals surface area contributed by atoms with Crippen molar-refractivity contribution in [3.8, 4) is 11.3 Å². The molecule has 7 heteroatoms. The highest BCUT2D eigenvalue weighted by Crippen LogP contribution is 2.24. The third-order valence-corrected chi connectivity index (χ3v) is 5.57. The molecular weight excluding hydrogens is 366 g/mol. The summed E-state index contributed by atoms with van der Waals surface area (Å²) in [5.74, 6) is 1.81. The van der Waals surface area contributed by atoms with E-state index in [2.05, 4.69) is 33.7 Å². The van der Waals surface area contributed by atoms with Crippen LogP contribution in [0.25, 0.3) is 11.3 Å². The maximum absolute atomic E-state index is 12.5. The molecule has 0 unspecified atom stereocenters. The lowest BCUT2D eigenvalue weighted by Gasteiger charge is -2.31. The third kappa shape index (κ3) is 4.62. The van der Waals surface area contributed by atoms with Gasteiger partial charge in [-0.05, 0) is 44.0 Å². The van der Waals surface area contributed by atoms with Gasteiger partial charge in [0.1, 0.15) is 5.76 Å². The zero-order valence-electron chi connectivity index (χ0n) is 17.0. The van der Waals surface area contributed by atoms with E-state index < -0.39 is 0 Å². The molecule has 0 spiro atoms. The Morgan fingerprint density at radius 1 is 1.24 bits per heavy atom. The van der Waals surface area contributed by atoms with E-state index >= 15 is 0 Å². The van der Waals surface area contributed by atoms with Crippen LogP contribution in [0.2, 0.25) is 0 Å². The lowest BCUT2D eigenvalue weighted by Crippen LogP contribution is -2.36. The number of piperidine rings is 1. The van der Waals surface area contributed by atoms with Crippen molar-refractivity contribution in [2.45, 2.75) is 45.7 Å². The highest BCUT2D eigenvalue weighted by Gasteiger charge is 2.22. The monoisotopic (exact) mass is 393 g/mol. The number of hydrogen-bond donors (Lipinski definition) is 0. The number of hydrogen-bond acceptors (Lipinski definition) is 6. The van der Waals surface area contributed by atoms with Gasteiger partial charge in [-0.1, -0.05) is 13.8 Å². The molecule has 4 rings (SSSR count). The molecule has 29 heavy (non-hydrogen) atoms. The Bertz CT molecular complexity index is 988. The largest absolute Gasteiger partial charge is 0.448 e. The molecule has 1 aliphatic heterocycles. The van der Waals surface area contributed by atoms with Gasteiger partial charge in [0, 0.05) is 43.0 Å². The van der Waals surface area contributed by atoms with E-state index in [-0.39, 0.29) is 5.56 Å². The van der Waals surface area contributed by atoms with Gasteiger partial charge in [-0.2, -0.15) is 0 Å². The topological polar surface area (TPSA) is 77.1 Å². The molecule has 0 N–H and O–H groups in total. The molecule has 0 aromatic carbocycles. The zero-order valence-corrected chi connectivity index (χ0v) is 17.0. The second-order valence-electron chi connectivity index (χ2n) is 8.04. The third-order valence-electron chi connectivity index (χ3n) is 5.57. The number of likely N-dealkylation sites (tertiary alicyclic amines) is 1. The normalized spacial score (nSPS) is 15.8. The Hall–Kier alpha value is -2.80. The summed E-state index contributed by atoms with van der Waals surface area (Å²) in [6.07, 6.45) is 8.77. The molecule has 3 aromatic heterocycles. The van der Waals surface area contributed by atoms with Crippen LogP contribution in [-0.2, 0) is 13.1 Å². The van der Waals surface area contributed by atoms with Crippen LogP contribution in [0.4, 0.5) is 0 Å². The highest BCUT2D eigenvalue weighted by atomic mass is 16.3. The van der Waals surface area contributed by atoms with Crippen LogP contribution in [-0.4, -0.2) is 37.5 Å². The summed E-state index contributed by atoms with van der Waals surface area (Å²) >= 11 is 0. The number of rotatable bonds is 6. The second-order valence-corrected chi connectivity index (χ2v) is 8.04. The van der Waals surface area contributed by atoms with Gasteiger partial charge >= 0.3 is 0 Å². The van der Waals surface area contributed by atoms with Gasteiger partial charge in [0.05, 0.1) is 17.7 Å². The molecule has 1 saturated heterocycles. The Labute approximate surface area is 170 Å². The summed E-state index contributed by atoms with van der Waals surface area (Å²) in [6, 6.07) is 5.36. The van der Waals surface area contributed by atoms with Gasteiger partial charge in [-0.3, -0.25) is 19.2 Å². The quantitative estimate of drug-likeness (QED) is 0.639. The maximum atomic E-state index is 12.5. The fraction of sp³-hybridized carbons (Fsp3) is 0.455. The Kier molecular flexibility index (Phi) is 5.85. The molecule has 0 radical (unpaired) electrons. The van der Waals surface area contributed by atoms with Crippen LogP contribution in [0.3, 0.4) is 0 Å². The van der Waals surface area contributed by atoms with Crippen LogP contribution in [0, 0.1) is 5.92 Å². The summed E-state index contributed by atoms with van der Waals surface area (Å²) in [5, 5.41) is 0. The van der Waals surface area contributed by atoms with Crippen molar-refractivity contribution in [2.24, 2.45) is 5.92 Å². The first kappa shape index (κ1) is 19.5. The van der Waals surface area contributed by atoms with E-state index in [0.29, 0.717) is 24.1 Å². The van der Waals surface area contributed by atoms with Gasteiger partial charge in [-0.15, -0.1) is 0 Å². The minimum absolute atomic E-state index is 0.00884. The molecule has 7 nitrogen and oxygen atoms in total. The van der Waals surface area contributed by atoms with Crippen LogP contribution in [0.15, 0.2) is 52.5 Å². The molecule has 0 amide bonds. The molecular formula is C22H27N5O2. The minimum atomic E-state index is -0.00884. The lowest BCUT2D eigenvalue weighted by atomic mass is 9.96. The molecule has 0 bridgehead atoms. The van der Waals surface area contributed by atoms with E-state index in [1.807, 2.05) is 12.1 Å². The fourth-order valence-electron chi connectivity index (χ4n) is 3.92. The molecule has 0 atom stereocenters. The predicted octanol–water partition coefficient (Wildman–Crippen LogP) is 3.33. The highest BCUT2D eigenvalue weighted by molar-refractivity contribution is 5.56. The summed E-state index contributed by atoms with van der Waals surface area (Å²) in [5.41, 5.74) is 2.57. The first-order valence-corrected chi connectivity index (χ1v) is 10.2. The van der Waals surface area contributed by atoms with Crippen molar-refractivity contribution in [3.05, 3.63) is 65.1 Å². The van der Waals surface area contributed by atoms with Crippen molar-refractivity contribution in [3.63, 3.8) is 0 Å². The lowest BCUT2D eigenvalue weighted by molar-refractivity contribution is 0.164. The molecule has 0 saturated carbocycles. The van der Waals surface area contributed by atoms with E-state index in [1.165, 1.54) is 0 Å². The van der Waals surface area contributed by atoms with Gasteiger partial charge in [0.2, 0.25) is 0 Å². The SMILES string of the molecule is CC(C)c1ocnc1CN1CCC(Cn2cnc(-c3cccnc3)cc2=O)CC1. The number of pyridine rings is 1. The smallest absolute Gasteiger partial charge is 0.253 e. The Morgan fingerprint density at radius 2 is 2.07 bits per heavy atom. The zero-order chi connectivity index (χ0) is 20.2. The molecule has 0 aliphatic carbocycles. The van der Waals surface area contributed by atoms with Gasteiger partial charge in [0.25, 0.3) is 5.56 Å². The van der Waals surface area contributed by atoms with Crippen molar-refractivity contribution in [2.75, 3.05) is 13.1 Å². The van der Waals surface area contributed by atoms with Crippen LogP contribution in [0.1, 0.15) is 44.1 Å². The van der Waals surface area contributed by atoms with Crippen LogP contribution < -0.4 is 5.56 Å². The number of nitrogens with zero attached hydrogens (tertiary/aromatic N) is 5. The van der Waals surface area contributed by atoms with Gasteiger partial charge in [-0.25, -0.2) is 9.97 Å². The van der Waals surface area contributed by atoms with Crippen molar-refractivity contribution in [1.82, 2.24) is 24.4 Å². The second kappa shape index (κ2) is 8.69. The average Bonchev–Trinajstić information content (AvgIpc) is 3.20. The fourth-order valence-corrected chi connectivity index (χ4v) is 3.92. The summed E-state index contributed by atoms with van der Waals surface area (Å²) in [4.78, 5) is 27.9. The summed E-state index contributed by atoms with van der Waals surface area (Å²) in [6.45, 7) is 7.81. The van der Waals surface area contributed by atoms with Gasteiger partial charge < -0.3 is 4.42 Å². The van der Waals surface area contributed by atoms with Gasteiger partial charge in [0.15, 0.2) is 6.39 Å². The van der Waals surface area contributed by atoms with E-state index in [1.54, 1.807) is 35.7 Å². The standard InChI is InChI=1S/C22H27N5O2/c1-16(2)22-20(25-15-29-22)13-26-8-5-17(6-9-26)12-27-14-24-19(10-21(27)28)18-4-3-7-23-11-18/h3-4,7,10-11,14-17H,5-6,8-9,12-13H2,1-2H3. The molecule has 4 heterocycles. The Morgan fingerprint density at radius 3 is 2.76 bits per heavy atom. The first-order chi connectivity index (χ1) is 14.1. The predicted molar refractivity (Wildman–Crippen MR) is 110 cm³/mol. The number of oxazole rings is 1. The number of aromatic nitrogens is 4. The van der Waals surface area contributed by atoms with Crippen LogP contribution >= 0.6 is 0 Å². The van der Waals surface area contributed by atoms with E-state index in [9.17, 15) is 4.79 Å². The summed E-state index contributed by atoms with van der Waals surface area (Å²) in [7, 11) is 0. The average molecular weight is 393 g/mol. The van der Waals surface area contributed by atoms with Crippen molar-refractivity contribution in [1.29, 1.82) is 0 Å². The van der Waals surface area contributed by atoms with Crippen LogP contribution in [0.5, 0.6) is 0 Å². The molecule has 1 aliphatic rings. The minimum Gasteiger partial charge on any atom is -0.448 e. The van der Waals surface area contributed by atoms with Crippen molar-refractivity contribution >= 4 is 0 Å². The molecule has 152 valence electrons. The van der Waals surface area contributed by atoms with E-state index in [0.717, 1.165) is 49.5 Å². The maximum Gasteiger partial charge on any atom is 0.253 e. The molecule has 3 aromatic rings.